The van der Waals surface area contributed by atoms with Gasteiger partial charge in [-0.25, -0.2) is 0 Å². The minimum Gasteiger partial charge on any atom is -0.496 e. The molecule has 1 aliphatic rings. The zero-order valence-electron chi connectivity index (χ0n) is 12.8. The van der Waals surface area contributed by atoms with Gasteiger partial charge in [-0.05, 0) is 48.1 Å². The number of ether oxygens (including phenoxy) is 1. The number of benzene rings is 2. The van der Waals surface area contributed by atoms with E-state index in [-0.39, 0.29) is 5.91 Å². The van der Waals surface area contributed by atoms with Gasteiger partial charge in [0, 0.05) is 11.1 Å². The van der Waals surface area contributed by atoms with Gasteiger partial charge in [-0.3, -0.25) is 4.79 Å². The van der Waals surface area contributed by atoms with Crippen LogP contribution in [0.15, 0.2) is 42.5 Å². The standard InChI is InChI=1S/C19H21NO2/c1-22-18-9-5-4-8-16(18)15-11-10-14(19(20)21)12-17(15)13-6-2-3-7-13/h4-5,8-13H,2-3,6-7H2,1H3,(H2,20,21). The van der Waals surface area contributed by atoms with Gasteiger partial charge in [0.1, 0.15) is 5.75 Å². The minimum atomic E-state index is -0.370. The van der Waals surface area contributed by atoms with E-state index in [0.29, 0.717) is 11.5 Å². The first-order valence-corrected chi connectivity index (χ1v) is 7.78. The molecule has 3 nitrogen and oxygen atoms in total. The molecule has 2 aromatic carbocycles. The van der Waals surface area contributed by atoms with Crippen molar-refractivity contribution in [2.75, 3.05) is 7.11 Å². The van der Waals surface area contributed by atoms with Crippen LogP contribution in [0.2, 0.25) is 0 Å². The van der Waals surface area contributed by atoms with Crippen molar-refractivity contribution in [3.8, 4) is 16.9 Å². The molecule has 0 bridgehead atoms. The largest absolute Gasteiger partial charge is 0.496 e. The number of primary amides is 1. The second-order valence-corrected chi connectivity index (χ2v) is 5.85. The molecule has 0 heterocycles. The van der Waals surface area contributed by atoms with E-state index in [4.69, 9.17) is 10.5 Å². The topological polar surface area (TPSA) is 52.3 Å². The van der Waals surface area contributed by atoms with Crippen molar-refractivity contribution in [1.82, 2.24) is 0 Å². The predicted molar refractivity (Wildman–Crippen MR) is 88.2 cm³/mol. The molecular formula is C19H21NO2. The second kappa shape index (κ2) is 6.22. The third-order valence-corrected chi connectivity index (χ3v) is 4.53. The van der Waals surface area contributed by atoms with E-state index < -0.39 is 0 Å². The summed E-state index contributed by atoms with van der Waals surface area (Å²) in [5.74, 6) is 0.985. The van der Waals surface area contributed by atoms with Crippen LogP contribution in [-0.4, -0.2) is 13.0 Å². The van der Waals surface area contributed by atoms with Crippen LogP contribution >= 0.6 is 0 Å². The fourth-order valence-corrected chi connectivity index (χ4v) is 3.40. The molecule has 2 N–H and O–H groups in total. The molecule has 0 saturated heterocycles. The number of nitrogens with two attached hydrogens (primary N) is 1. The summed E-state index contributed by atoms with van der Waals surface area (Å²) in [6.07, 6.45) is 4.84. The predicted octanol–water partition coefficient (Wildman–Crippen LogP) is 4.12. The molecule has 0 aromatic heterocycles. The van der Waals surface area contributed by atoms with E-state index in [1.54, 1.807) is 7.11 Å². The zero-order valence-corrected chi connectivity index (χ0v) is 12.8. The summed E-state index contributed by atoms with van der Waals surface area (Å²) in [6.45, 7) is 0. The van der Waals surface area contributed by atoms with Crippen LogP contribution in [0, 0.1) is 0 Å². The molecule has 1 fully saturated rings. The molecule has 1 aliphatic carbocycles. The number of para-hydroxylation sites is 1. The first kappa shape index (κ1) is 14.6. The summed E-state index contributed by atoms with van der Waals surface area (Å²) in [6, 6.07) is 13.8. The Morgan fingerprint density at radius 2 is 1.82 bits per heavy atom. The van der Waals surface area contributed by atoms with Gasteiger partial charge < -0.3 is 10.5 Å². The average molecular weight is 295 g/mol. The molecule has 22 heavy (non-hydrogen) atoms. The molecule has 1 amide bonds. The van der Waals surface area contributed by atoms with Crippen LogP contribution in [0.3, 0.4) is 0 Å². The molecule has 3 heteroatoms. The van der Waals surface area contributed by atoms with Gasteiger partial charge in [-0.1, -0.05) is 37.1 Å². The minimum absolute atomic E-state index is 0.370. The van der Waals surface area contributed by atoms with Crippen LogP contribution < -0.4 is 10.5 Å². The Kier molecular flexibility index (Phi) is 4.14. The Bertz CT molecular complexity index is 688. The maximum Gasteiger partial charge on any atom is 0.248 e. The third-order valence-electron chi connectivity index (χ3n) is 4.53. The lowest BCUT2D eigenvalue weighted by Crippen LogP contribution is -2.12. The van der Waals surface area contributed by atoms with Gasteiger partial charge in [-0.2, -0.15) is 0 Å². The van der Waals surface area contributed by atoms with Gasteiger partial charge in [-0.15, -0.1) is 0 Å². The van der Waals surface area contributed by atoms with Gasteiger partial charge in [0.05, 0.1) is 7.11 Å². The monoisotopic (exact) mass is 295 g/mol. The molecule has 0 unspecified atom stereocenters. The summed E-state index contributed by atoms with van der Waals surface area (Å²) in [7, 11) is 1.69. The van der Waals surface area contributed by atoms with E-state index in [1.807, 2.05) is 36.4 Å². The van der Waals surface area contributed by atoms with Crippen molar-refractivity contribution in [3.05, 3.63) is 53.6 Å². The maximum absolute atomic E-state index is 11.5. The SMILES string of the molecule is COc1ccccc1-c1ccc(C(N)=O)cc1C1CCCC1. The molecule has 114 valence electrons. The number of methoxy groups -OCH3 is 1. The van der Waals surface area contributed by atoms with E-state index in [2.05, 4.69) is 6.07 Å². The Balaban J connectivity index is 2.15. The summed E-state index contributed by atoms with van der Waals surface area (Å²) < 4.78 is 5.50. The number of carbonyl (C=O) groups excluding carboxylic acids is 1. The highest BCUT2D eigenvalue weighted by molar-refractivity contribution is 5.94. The van der Waals surface area contributed by atoms with Crippen molar-refractivity contribution >= 4 is 5.91 Å². The Morgan fingerprint density at radius 3 is 2.50 bits per heavy atom. The highest BCUT2D eigenvalue weighted by Crippen LogP contribution is 2.41. The van der Waals surface area contributed by atoms with Crippen molar-refractivity contribution in [3.63, 3.8) is 0 Å². The fourth-order valence-electron chi connectivity index (χ4n) is 3.40. The van der Waals surface area contributed by atoms with E-state index in [0.717, 1.165) is 16.9 Å². The van der Waals surface area contributed by atoms with Crippen molar-refractivity contribution in [1.29, 1.82) is 0 Å². The first-order valence-electron chi connectivity index (χ1n) is 7.78. The summed E-state index contributed by atoms with van der Waals surface area (Å²) in [4.78, 5) is 11.5. The number of rotatable bonds is 4. The van der Waals surface area contributed by atoms with Crippen molar-refractivity contribution in [2.24, 2.45) is 5.73 Å². The molecule has 3 rings (SSSR count). The van der Waals surface area contributed by atoms with E-state index in [9.17, 15) is 4.79 Å². The van der Waals surface area contributed by atoms with Crippen molar-refractivity contribution in [2.45, 2.75) is 31.6 Å². The van der Waals surface area contributed by atoms with Gasteiger partial charge in [0.15, 0.2) is 0 Å². The smallest absolute Gasteiger partial charge is 0.248 e. The first-order chi connectivity index (χ1) is 10.7. The van der Waals surface area contributed by atoms with Crippen molar-refractivity contribution < 1.29 is 9.53 Å². The quantitative estimate of drug-likeness (QED) is 0.922. The lowest BCUT2D eigenvalue weighted by molar-refractivity contribution is 0.1000. The molecule has 0 aliphatic heterocycles. The Morgan fingerprint density at radius 1 is 1.09 bits per heavy atom. The highest BCUT2D eigenvalue weighted by Gasteiger charge is 2.22. The second-order valence-electron chi connectivity index (χ2n) is 5.85. The summed E-state index contributed by atoms with van der Waals surface area (Å²) in [5, 5.41) is 0. The average Bonchev–Trinajstić information content (AvgIpc) is 3.08. The van der Waals surface area contributed by atoms with E-state index >= 15 is 0 Å². The molecular weight excluding hydrogens is 274 g/mol. The van der Waals surface area contributed by atoms with E-state index in [1.165, 1.54) is 31.2 Å². The fraction of sp³-hybridized carbons (Fsp3) is 0.316. The number of carbonyl (C=O) groups is 1. The summed E-state index contributed by atoms with van der Waals surface area (Å²) in [5.41, 5.74) is 9.49. The number of hydrogen-bond acceptors (Lipinski definition) is 2. The molecule has 2 aromatic rings. The Hall–Kier alpha value is -2.29. The lowest BCUT2D eigenvalue weighted by atomic mass is 9.87. The zero-order chi connectivity index (χ0) is 15.5. The maximum atomic E-state index is 11.5. The van der Waals surface area contributed by atoms with Crippen LogP contribution in [0.5, 0.6) is 5.75 Å². The number of hydrogen-bond donors (Lipinski definition) is 1. The Labute approximate surface area is 131 Å². The molecule has 1 saturated carbocycles. The highest BCUT2D eigenvalue weighted by atomic mass is 16.5. The summed E-state index contributed by atoms with van der Waals surface area (Å²) >= 11 is 0. The van der Waals surface area contributed by atoms with Crippen LogP contribution in [0.25, 0.3) is 11.1 Å². The third kappa shape index (κ3) is 2.71. The van der Waals surface area contributed by atoms with Crippen LogP contribution in [-0.2, 0) is 0 Å². The lowest BCUT2D eigenvalue weighted by Gasteiger charge is -2.18. The van der Waals surface area contributed by atoms with Crippen LogP contribution in [0.1, 0.15) is 47.5 Å². The molecule has 0 radical (unpaired) electrons. The number of amides is 1. The molecule has 0 spiro atoms. The van der Waals surface area contributed by atoms with Gasteiger partial charge in [0.2, 0.25) is 5.91 Å². The molecule has 0 atom stereocenters. The van der Waals surface area contributed by atoms with Gasteiger partial charge >= 0.3 is 0 Å². The van der Waals surface area contributed by atoms with Crippen LogP contribution in [0.4, 0.5) is 0 Å². The normalized spacial score (nSPS) is 15.0. The van der Waals surface area contributed by atoms with Gasteiger partial charge in [0.25, 0.3) is 0 Å².